The Balaban J connectivity index is 1.44. The predicted molar refractivity (Wildman–Crippen MR) is 136 cm³/mol. The molecule has 36 heavy (non-hydrogen) atoms. The Morgan fingerprint density at radius 2 is 1.89 bits per heavy atom. The van der Waals surface area contributed by atoms with Crippen LogP contribution in [-0.2, 0) is 11.2 Å². The maximum atomic E-state index is 13.1. The number of carbonyl (C=O) groups excluding carboxylic acids is 2. The highest BCUT2D eigenvalue weighted by atomic mass is 19.1. The van der Waals surface area contributed by atoms with Crippen molar-refractivity contribution in [3.8, 4) is 5.75 Å². The van der Waals surface area contributed by atoms with Crippen molar-refractivity contribution in [3.05, 3.63) is 95.7 Å². The number of ether oxygens (including phenoxy) is 1. The molecule has 0 saturated carbocycles. The molecule has 7 heteroatoms. The number of amides is 2. The summed E-state index contributed by atoms with van der Waals surface area (Å²) >= 11 is 0. The number of hydrogen-bond acceptors (Lipinski definition) is 4. The SMILES string of the molecule is COc1cccc(C[C@H](C2CCN(C(=O)/C=C/c3ccc(F)cc3)CC2)N(C)C(=O)c2ccco2)c1. The van der Waals surface area contributed by atoms with Crippen molar-refractivity contribution in [2.45, 2.75) is 25.3 Å². The number of halogens is 1. The number of nitrogens with zero attached hydrogens (tertiary/aromatic N) is 2. The highest BCUT2D eigenvalue weighted by molar-refractivity contribution is 5.92. The Bertz CT molecular complexity index is 1180. The molecule has 0 radical (unpaired) electrons. The summed E-state index contributed by atoms with van der Waals surface area (Å²) in [5.41, 5.74) is 1.86. The lowest BCUT2D eigenvalue weighted by Crippen LogP contribution is -2.48. The lowest BCUT2D eigenvalue weighted by Gasteiger charge is -2.39. The van der Waals surface area contributed by atoms with Crippen LogP contribution in [0.4, 0.5) is 4.39 Å². The van der Waals surface area contributed by atoms with Crippen molar-refractivity contribution in [2.75, 3.05) is 27.2 Å². The van der Waals surface area contributed by atoms with Crippen LogP contribution in [0.3, 0.4) is 0 Å². The molecule has 1 aliphatic heterocycles. The van der Waals surface area contributed by atoms with E-state index in [9.17, 15) is 14.0 Å². The number of hydrogen-bond donors (Lipinski definition) is 0. The van der Waals surface area contributed by atoms with Gasteiger partial charge >= 0.3 is 0 Å². The summed E-state index contributed by atoms with van der Waals surface area (Å²) in [4.78, 5) is 29.5. The topological polar surface area (TPSA) is 63.0 Å². The van der Waals surface area contributed by atoms with Crippen LogP contribution in [0.25, 0.3) is 6.08 Å². The van der Waals surface area contributed by atoms with Gasteiger partial charge in [0.05, 0.1) is 13.4 Å². The summed E-state index contributed by atoms with van der Waals surface area (Å²) in [5.74, 6) is 0.770. The molecule has 188 valence electrons. The fourth-order valence-corrected chi connectivity index (χ4v) is 4.74. The van der Waals surface area contributed by atoms with Gasteiger partial charge in [0, 0.05) is 32.3 Å². The van der Waals surface area contributed by atoms with Crippen LogP contribution in [0.15, 0.2) is 77.4 Å². The summed E-state index contributed by atoms with van der Waals surface area (Å²) in [6.07, 6.45) is 6.97. The van der Waals surface area contributed by atoms with Gasteiger partial charge in [-0.3, -0.25) is 9.59 Å². The highest BCUT2D eigenvalue weighted by Crippen LogP contribution is 2.28. The summed E-state index contributed by atoms with van der Waals surface area (Å²) in [6, 6.07) is 17.2. The van der Waals surface area contributed by atoms with Gasteiger partial charge in [0.2, 0.25) is 5.91 Å². The van der Waals surface area contributed by atoms with Crippen LogP contribution >= 0.6 is 0 Å². The fraction of sp³-hybridized carbons (Fsp3) is 0.310. The van der Waals surface area contributed by atoms with Crippen molar-refractivity contribution in [3.63, 3.8) is 0 Å². The molecule has 0 unspecified atom stereocenters. The van der Waals surface area contributed by atoms with Gasteiger partial charge in [0.1, 0.15) is 11.6 Å². The lowest BCUT2D eigenvalue weighted by molar-refractivity contribution is -0.127. The zero-order valence-corrected chi connectivity index (χ0v) is 20.6. The van der Waals surface area contributed by atoms with Gasteiger partial charge in [-0.05, 0) is 78.8 Å². The average molecular weight is 491 g/mol. The molecule has 1 aliphatic rings. The summed E-state index contributed by atoms with van der Waals surface area (Å²) in [7, 11) is 3.46. The normalized spacial score (nSPS) is 15.1. The second kappa shape index (κ2) is 11.7. The van der Waals surface area contributed by atoms with E-state index in [-0.39, 0.29) is 29.6 Å². The Morgan fingerprint density at radius 1 is 1.14 bits per heavy atom. The Labute approximate surface area is 211 Å². The van der Waals surface area contributed by atoms with Crippen molar-refractivity contribution < 1.29 is 23.1 Å². The zero-order chi connectivity index (χ0) is 25.5. The van der Waals surface area contributed by atoms with Gasteiger partial charge < -0.3 is 19.0 Å². The number of furan rings is 1. The maximum Gasteiger partial charge on any atom is 0.289 e. The Morgan fingerprint density at radius 3 is 2.56 bits per heavy atom. The van der Waals surface area contributed by atoms with E-state index in [1.165, 1.54) is 24.5 Å². The van der Waals surface area contributed by atoms with Crippen LogP contribution in [-0.4, -0.2) is 54.9 Å². The molecule has 0 N–H and O–H groups in total. The number of rotatable bonds is 8. The summed E-state index contributed by atoms with van der Waals surface area (Å²) in [5, 5.41) is 0. The Kier molecular flexibility index (Phi) is 8.21. The first-order valence-electron chi connectivity index (χ1n) is 12.1. The molecule has 6 nitrogen and oxygen atoms in total. The molecule has 4 rings (SSSR count). The monoisotopic (exact) mass is 490 g/mol. The number of benzene rings is 2. The number of carbonyl (C=O) groups is 2. The molecule has 3 aromatic rings. The van der Waals surface area contributed by atoms with Crippen molar-refractivity contribution >= 4 is 17.9 Å². The quantitative estimate of drug-likeness (QED) is 0.414. The molecule has 1 saturated heterocycles. The third-order valence-electron chi connectivity index (χ3n) is 6.81. The summed E-state index contributed by atoms with van der Waals surface area (Å²) < 4.78 is 23.9. The maximum absolute atomic E-state index is 13.1. The third kappa shape index (κ3) is 6.22. The first kappa shape index (κ1) is 25.2. The minimum atomic E-state index is -0.306. The van der Waals surface area contributed by atoms with E-state index in [1.807, 2.05) is 36.2 Å². The second-order valence-corrected chi connectivity index (χ2v) is 9.06. The van der Waals surface area contributed by atoms with Gasteiger partial charge in [-0.2, -0.15) is 0 Å². The minimum Gasteiger partial charge on any atom is -0.497 e. The molecule has 1 fully saturated rings. The summed E-state index contributed by atoms with van der Waals surface area (Å²) in [6.45, 7) is 1.21. The van der Waals surface area contributed by atoms with E-state index in [0.29, 0.717) is 25.3 Å². The molecule has 1 atom stereocenters. The fourth-order valence-electron chi connectivity index (χ4n) is 4.74. The van der Waals surface area contributed by atoms with Crippen LogP contribution in [0.1, 0.15) is 34.5 Å². The third-order valence-corrected chi connectivity index (χ3v) is 6.81. The molecule has 0 bridgehead atoms. The van der Waals surface area contributed by atoms with Crippen LogP contribution in [0.5, 0.6) is 5.75 Å². The highest BCUT2D eigenvalue weighted by Gasteiger charge is 2.33. The van der Waals surface area contributed by atoms with E-state index in [2.05, 4.69) is 0 Å². The first-order chi connectivity index (χ1) is 17.4. The van der Waals surface area contributed by atoms with Gasteiger partial charge in [-0.25, -0.2) is 4.39 Å². The van der Waals surface area contributed by atoms with E-state index < -0.39 is 0 Å². The van der Waals surface area contributed by atoms with E-state index in [1.54, 1.807) is 42.4 Å². The number of likely N-dealkylation sites (tertiary alicyclic amines) is 1. The average Bonchev–Trinajstić information content (AvgIpc) is 3.46. The van der Waals surface area contributed by atoms with Crippen LogP contribution in [0.2, 0.25) is 0 Å². The van der Waals surface area contributed by atoms with Gasteiger partial charge in [-0.1, -0.05) is 24.3 Å². The standard InChI is InChI=1S/C29H31FN2O4/c1-31(29(34)27-7-4-18-36-27)26(20-22-5-3-6-25(19-22)35-2)23-14-16-32(17-15-23)28(33)13-10-21-8-11-24(30)12-9-21/h3-13,18-19,23,26H,14-17,20H2,1-2H3/b13-10+/t26-/m1/s1. The number of likely N-dealkylation sites (N-methyl/N-ethyl adjacent to an activating group) is 1. The minimum absolute atomic E-state index is 0.0675. The first-order valence-corrected chi connectivity index (χ1v) is 12.1. The molecular formula is C29H31FN2O4. The molecule has 0 spiro atoms. The molecular weight excluding hydrogens is 459 g/mol. The van der Waals surface area contributed by atoms with Gasteiger partial charge in [0.15, 0.2) is 5.76 Å². The van der Waals surface area contributed by atoms with Gasteiger partial charge in [-0.15, -0.1) is 0 Å². The predicted octanol–water partition coefficient (Wildman–Crippen LogP) is 5.06. The second-order valence-electron chi connectivity index (χ2n) is 9.06. The van der Waals surface area contributed by atoms with Crippen LogP contribution in [0, 0.1) is 11.7 Å². The molecule has 0 aliphatic carbocycles. The van der Waals surface area contributed by atoms with Crippen LogP contribution < -0.4 is 4.74 Å². The largest absolute Gasteiger partial charge is 0.497 e. The molecule has 2 aromatic carbocycles. The zero-order valence-electron chi connectivity index (χ0n) is 20.6. The van der Waals surface area contributed by atoms with E-state index in [4.69, 9.17) is 9.15 Å². The smallest absolute Gasteiger partial charge is 0.289 e. The molecule has 2 amide bonds. The van der Waals surface area contributed by atoms with Gasteiger partial charge in [0.25, 0.3) is 5.91 Å². The van der Waals surface area contributed by atoms with E-state index in [0.717, 1.165) is 29.7 Å². The van der Waals surface area contributed by atoms with Crippen molar-refractivity contribution in [1.29, 1.82) is 0 Å². The van der Waals surface area contributed by atoms with Crippen molar-refractivity contribution in [2.24, 2.45) is 5.92 Å². The Hall–Kier alpha value is -3.87. The number of methoxy groups -OCH3 is 1. The molecule has 1 aromatic heterocycles. The van der Waals surface area contributed by atoms with Crippen molar-refractivity contribution in [1.82, 2.24) is 9.80 Å². The van der Waals surface area contributed by atoms with E-state index >= 15 is 0 Å². The number of piperidine rings is 1. The molecule has 2 heterocycles. The lowest BCUT2D eigenvalue weighted by atomic mass is 9.84.